The second-order valence-corrected chi connectivity index (χ2v) is 6.13. The number of amides is 1. The second-order valence-electron chi connectivity index (χ2n) is 4.17. The zero-order valence-electron chi connectivity index (χ0n) is 9.65. The van der Waals surface area contributed by atoms with Crippen LogP contribution in [0.4, 0.5) is 5.69 Å². The van der Waals surface area contributed by atoms with E-state index in [1.54, 1.807) is 18.2 Å². The third-order valence-electron chi connectivity index (χ3n) is 2.75. The zero-order chi connectivity index (χ0) is 12.4. The molecule has 1 atom stereocenters. The van der Waals surface area contributed by atoms with Crippen LogP contribution in [0.1, 0.15) is 17.3 Å². The van der Waals surface area contributed by atoms with Crippen LogP contribution in [-0.4, -0.2) is 34.9 Å². The van der Waals surface area contributed by atoms with Crippen LogP contribution >= 0.6 is 23.4 Å². The Hall–Kier alpha value is -0.870. The summed E-state index contributed by atoms with van der Waals surface area (Å²) in [5.41, 5.74) is 6.76. The topological polar surface area (TPSA) is 46.3 Å². The summed E-state index contributed by atoms with van der Waals surface area (Å²) in [5.74, 6) is 0.960. The van der Waals surface area contributed by atoms with E-state index in [1.807, 2.05) is 16.7 Å². The van der Waals surface area contributed by atoms with E-state index in [2.05, 4.69) is 6.92 Å². The summed E-state index contributed by atoms with van der Waals surface area (Å²) in [6.07, 6.45) is 0. The molecule has 1 aromatic carbocycles. The molecule has 2 N–H and O–H groups in total. The van der Waals surface area contributed by atoms with Gasteiger partial charge in [-0.3, -0.25) is 4.79 Å². The van der Waals surface area contributed by atoms with Crippen LogP contribution in [-0.2, 0) is 0 Å². The molecule has 1 amide bonds. The van der Waals surface area contributed by atoms with E-state index in [9.17, 15) is 4.79 Å². The molecule has 2 rings (SSSR count). The van der Waals surface area contributed by atoms with Gasteiger partial charge >= 0.3 is 0 Å². The van der Waals surface area contributed by atoms with Crippen LogP contribution in [0.15, 0.2) is 18.2 Å². The first kappa shape index (κ1) is 12.6. The predicted octanol–water partition coefficient (Wildman–Crippen LogP) is 2.50. The maximum Gasteiger partial charge on any atom is 0.255 e. The van der Waals surface area contributed by atoms with Crippen molar-refractivity contribution in [3.63, 3.8) is 0 Å². The van der Waals surface area contributed by atoms with Crippen molar-refractivity contribution in [1.29, 1.82) is 0 Å². The minimum atomic E-state index is -0.0190. The van der Waals surface area contributed by atoms with Crippen molar-refractivity contribution in [2.24, 2.45) is 0 Å². The number of hydrogen-bond acceptors (Lipinski definition) is 3. The monoisotopic (exact) mass is 270 g/mol. The van der Waals surface area contributed by atoms with Crippen molar-refractivity contribution >= 4 is 35.0 Å². The average molecular weight is 271 g/mol. The van der Waals surface area contributed by atoms with Gasteiger partial charge in [0, 0.05) is 29.8 Å². The molecule has 1 aromatic rings. The van der Waals surface area contributed by atoms with Gasteiger partial charge in [0.1, 0.15) is 0 Å². The summed E-state index contributed by atoms with van der Waals surface area (Å²) in [7, 11) is 0. The Morgan fingerprint density at radius 1 is 1.59 bits per heavy atom. The Bertz CT molecular complexity index is 439. The Balaban J connectivity index is 2.21. The molecule has 0 saturated carbocycles. The summed E-state index contributed by atoms with van der Waals surface area (Å²) < 4.78 is 0. The number of carbonyl (C=O) groups is 1. The fourth-order valence-electron chi connectivity index (χ4n) is 1.88. The Morgan fingerprint density at radius 2 is 2.35 bits per heavy atom. The van der Waals surface area contributed by atoms with Crippen LogP contribution in [0.3, 0.4) is 0 Å². The highest BCUT2D eigenvalue weighted by Crippen LogP contribution is 2.24. The van der Waals surface area contributed by atoms with Gasteiger partial charge in [0.05, 0.1) is 10.6 Å². The van der Waals surface area contributed by atoms with E-state index in [1.165, 1.54) is 0 Å². The third kappa shape index (κ3) is 2.87. The molecular weight excluding hydrogens is 256 g/mol. The number of thioether (sulfide) groups is 1. The van der Waals surface area contributed by atoms with Crippen LogP contribution in [0.25, 0.3) is 0 Å². The molecule has 1 unspecified atom stereocenters. The highest BCUT2D eigenvalue weighted by Gasteiger charge is 2.23. The molecule has 0 aromatic heterocycles. The number of hydrogen-bond donors (Lipinski definition) is 1. The van der Waals surface area contributed by atoms with E-state index < -0.39 is 0 Å². The van der Waals surface area contributed by atoms with Gasteiger partial charge in [-0.15, -0.1) is 0 Å². The lowest BCUT2D eigenvalue weighted by molar-refractivity contribution is 0.0763. The highest BCUT2D eigenvalue weighted by atomic mass is 35.5. The number of carbonyl (C=O) groups excluding carboxylic acids is 1. The lowest BCUT2D eigenvalue weighted by Crippen LogP contribution is -2.41. The summed E-state index contributed by atoms with van der Waals surface area (Å²) in [5, 5.41) is 0.947. The van der Waals surface area contributed by atoms with Crippen LogP contribution in [0, 0.1) is 0 Å². The van der Waals surface area contributed by atoms with E-state index in [4.69, 9.17) is 17.3 Å². The molecule has 1 aliphatic heterocycles. The molecule has 1 heterocycles. The SMILES string of the molecule is CC1CN(C(=O)c2cc(N)ccc2Cl)CCS1. The fraction of sp³-hybridized carbons (Fsp3) is 0.417. The van der Waals surface area contributed by atoms with Crippen molar-refractivity contribution in [3.8, 4) is 0 Å². The smallest absolute Gasteiger partial charge is 0.255 e. The standard InChI is InChI=1S/C12H15ClN2OS/c1-8-7-15(4-5-17-8)12(16)10-6-9(14)2-3-11(10)13/h2-3,6,8H,4-5,7,14H2,1H3. The van der Waals surface area contributed by atoms with Crippen molar-refractivity contribution in [3.05, 3.63) is 28.8 Å². The maximum absolute atomic E-state index is 12.3. The van der Waals surface area contributed by atoms with Crippen LogP contribution in [0.2, 0.25) is 5.02 Å². The number of anilines is 1. The third-order valence-corrected chi connectivity index (χ3v) is 4.22. The van der Waals surface area contributed by atoms with Gasteiger partial charge in [-0.1, -0.05) is 18.5 Å². The molecule has 17 heavy (non-hydrogen) atoms. The average Bonchev–Trinajstić information content (AvgIpc) is 2.31. The first-order valence-electron chi connectivity index (χ1n) is 5.54. The normalized spacial score (nSPS) is 20.4. The van der Waals surface area contributed by atoms with Crippen molar-refractivity contribution in [1.82, 2.24) is 4.90 Å². The highest BCUT2D eigenvalue weighted by molar-refractivity contribution is 7.99. The van der Waals surface area contributed by atoms with E-state index >= 15 is 0 Å². The molecule has 0 radical (unpaired) electrons. The molecule has 0 bridgehead atoms. The van der Waals surface area contributed by atoms with Gasteiger partial charge in [-0.05, 0) is 18.2 Å². The maximum atomic E-state index is 12.3. The zero-order valence-corrected chi connectivity index (χ0v) is 11.2. The van der Waals surface area contributed by atoms with Crippen molar-refractivity contribution in [2.45, 2.75) is 12.2 Å². The van der Waals surface area contributed by atoms with Gasteiger partial charge in [0.15, 0.2) is 0 Å². The molecule has 1 aliphatic rings. The minimum absolute atomic E-state index is 0.0190. The molecule has 5 heteroatoms. The van der Waals surface area contributed by atoms with E-state index in [0.717, 1.165) is 18.8 Å². The molecule has 92 valence electrons. The second kappa shape index (κ2) is 5.19. The molecule has 1 saturated heterocycles. The quantitative estimate of drug-likeness (QED) is 0.798. The van der Waals surface area contributed by atoms with Gasteiger partial charge < -0.3 is 10.6 Å². The number of nitrogens with zero attached hydrogens (tertiary/aromatic N) is 1. The fourth-order valence-corrected chi connectivity index (χ4v) is 3.09. The van der Waals surface area contributed by atoms with Crippen molar-refractivity contribution < 1.29 is 4.79 Å². The van der Waals surface area contributed by atoms with Crippen molar-refractivity contribution in [2.75, 3.05) is 24.6 Å². The Labute approximate surface area is 110 Å². The molecule has 0 aliphatic carbocycles. The van der Waals surface area contributed by atoms with Gasteiger partial charge in [0.25, 0.3) is 5.91 Å². The lowest BCUT2D eigenvalue weighted by atomic mass is 10.1. The molecule has 1 fully saturated rings. The summed E-state index contributed by atoms with van der Waals surface area (Å²) in [4.78, 5) is 14.1. The molecular formula is C12H15ClN2OS. The number of rotatable bonds is 1. The van der Waals surface area contributed by atoms with Crippen LogP contribution < -0.4 is 5.73 Å². The Morgan fingerprint density at radius 3 is 3.06 bits per heavy atom. The largest absolute Gasteiger partial charge is 0.399 e. The number of nitrogen functional groups attached to an aromatic ring is 1. The van der Waals surface area contributed by atoms with Gasteiger partial charge in [-0.2, -0.15) is 11.8 Å². The first-order chi connectivity index (χ1) is 8.08. The molecule has 0 spiro atoms. The predicted molar refractivity (Wildman–Crippen MR) is 73.7 cm³/mol. The summed E-state index contributed by atoms with van der Waals surface area (Å²) in [6.45, 7) is 3.68. The van der Waals surface area contributed by atoms with E-state index in [0.29, 0.717) is 21.5 Å². The van der Waals surface area contributed by atoms with E-state index in [-0.39, 0.29) is 5.91 Å². The summed E-state index contributed by atoms with van der Waals surface area (Å²) >= 11 is 7.93. The van der Waals surface area contributed by atoms with Gasteiger partial charge in [0.2, 0.25) is 0 Å². The lowest BCUT2D eigenvalue weighted by Gasteiger charge is -2.30. The van der Waals surface area contributed by atoms with Gasteiger partial charge in [-0.25, -0.2) is 0 Å². The minimum Gasteiger partial charge on any atom is -0.399 e. The summed E-state index contributed by atoms with van der Waals surface area (Å²) in [6, 6.07) is 5.02. The number of benzene rings is 1. The Kier molecular flexibility index (Phi) is 3.84. The first-order valence-corrected chi connectivity index (χ1v) is 6.96. The van der Waals surface area contributed by atoms with Crippen LogP contribution in [0.5, 0.6) is 0 Å². The molecule has 3 nitrogen and oxygen atoms in total. The number of halogens is 1. The number of nitrogens with two attached hydrogens (primary N) is 1.